The molecule has 2 aromatic carbocycles. The minimum absolute atomic E-state index is 0.0390. The van der Waals surface area contributed by atoms with E-state index in [1.54, 1.807) is 29.2 Å². The van der Waals surface area contributed by atoms with Gasteiger partial charge in [0.05, 0.1) is 5.56 Å². The van der Waals surface area contributed by atoms with E-state index in [1.165, 1.54) is 12.1 Å². The summed E-state index contributed by atoms with van der Waals surface area (Å²) < 4.78 is 43.1. The average Bonchev–Trinajstić information content (AvgIpc) is 3.06. The average molecular weight is 378 g/mol. The van der Waals surface area contributed by atoms with Crippen molar-refractivity contribution in [3.05, 3.63) is 54.1 Å². The monoisotopic (exact) mass is 378 g/mol. The summed E-state index contributed by atoms with van der Waals surface area (Å²) in [5, 5.41) is 2.60. The molecule has 1 N–H and O–H groups in total. The molecule has 0 spiro atoms. The topological polar surface area (TPSA) is 58.6 Å². The Bertz CT molecular complexity index is 835. The Labute approximate surface area is 153 Å². The van der Waals surface area contributed by atoms with E-state index in [0.717, 1.165) is 24.2 Å². The van der Waals surface area contributed by atoms with Crippen molar-refractivity contribution in [2.24, 2.45) is 0 Å². The van der Waals surface area contributed by atoms with Gasteiger partial charge in [-0.1, -0.05) is 6.07 Å². The number of amides is 2. The van der Waals surface area contributed by atoms with Crippen LogP contribution in [0.15, 0.2) is 48.5 Å². The first-order valence-corrected chi connectivity index (χ1v) is 8.33. The highest BCUT2D eigenvalue weighted by atomic mass is 19.4. The van der Waals surface area contributed by atoms with Crippen LogP contribution in [0.1, 0.15) is 18.4 Å². The molecule has 1 fully saturated rings. The standard InChI is InChI=1S/C19H17F3N2O3/c20-19(21,22)13-3-1-4-16(11-13)27-12-17(25)23-14-6-8-15(9-7-14)24-10-2-5-18(24)26/h1,3-4,6-9,11H,2,5,10,12H2,(H,23,25). The number of alkyl halides is 3. The number of carbonyl (C=O) groups is 2. The van der Waals surface area contributed by atoms with Gasteiger partial charge in [0.2, 0.25) is 5.91 Å². The molecule has 0 radical (unpaired) electrons. The van der Waals surface area contributed by atoms with Crippen molar-refractivity contribution in [3.63, 3.8) is 0 Å². The van der Waals surface area contributed by atoms with Crippen molar-refractivity contribution in [2.45, 2.75) is 19.0 Å². The van der Waals surface area contributed by atoms with Crippen LogP contribution in [-0.2, 0) is 15.8 Å². The summed E-state index contributed by atoms with van der Waals surface area (Å²) in [7, 11) is 0. The Morgan fingerprint density at radius 1 is 1.15 bits per heavy atom. The lowest BCUT2D eigenvalue weighted by molar-refractivity contribution is -0.137. The third-order valence-corrected chi connectivity index (χ3v) is 4.07. The number of carbonyl (C=O) groups excluding carboxylic acids is 2. The smallest absolute Gasteiger partial charge is 0.416 e. The fraction of sp³-hybridized carbons (Fsp3) is 0.263. The van der Waals surface area contributed by atoms with Gasteiger partial charge in [0.25, 0.3) is 5.91 Å². The second kappa shape index (κ2) is 7.69. The van der Waals surface area contributed by atoms with Gasteiger partial charge in [-0.25, -0.2) is 0 Å². The van der Waals surface area contributed by atoms with Gasteiger partial charge < -0.3 is 15.0 Å². The Morgan fingerprint density at radius 3 is 2.52 bits per heavy atom. The molecule has 0 unspecified atom stereocenters. The molecule has 0 aromatic heterocycles. The quantitative estimate of drug-likeness (QED) is 0.860. The van der Waals surface area contributed by atoms with Gasteiger partial charge in [0.1, 0.15) is 5.75 Å². The highest BCUT2D eigenvalue weighted by molar-refractivity contribution is 5.96. The van der Waals surface area contributed by atoms with Crippen molar-refractivity contribution in [1.29, 1.82) is 0 Å². The molecule has 5 nitrogen and oxygen atoms in total. The van der Waals surface area contributed by atoms with Crippen molar-refractivity contribution >= 4 is 23.2 Å². The summed E-state index contributed by atoms with van der Waals surface area (Å²) in [6, 6.07) is 11.1. The van der Waals surface area contributed by atoms with E-state index in [1.807, 2.05) is 0 Å². The molecule has 1 aliphatic rings. The summed E-state index contributed by atoms with van der Waals surface area (Å²) in [5.41, 5.74) is 0.422. The molecule has 0 bridgehead atoms. The third-order valence-electron chi connectivity index (χ3n) is 4.07. The number of nitrogens with one attached hydrogen (secondary N) is 1. The third kappa shape index (κ3) is 4.78. The molecule has 1 saturated heterocycles. The van der Waals surface area contributed by atoms with Crippen LogP contribution in [0, 0.1) is 0 Å². The van der Waals surface area contributed by atoms with E-state index >= 15 is 0 Å². The van der Waals surface area contributed by atoms with Gasteiger partial charge >= 0.3 is 6.18 Å². The van der Waals surface area contributed by atoms with Crippen LogP contribution in [-0.4, -0.2) is 25.0 Å². The van der Waals surface area contributed by atoms with E-state index < -0.39 is 24.3 Å². The van der Waals surface area contributed by atoms with Crippen LogP contribution in [0.25, 0.3) is 0 Å². The molecule has 0 atom stereocenters. The van der Waals surface area contributed by atoms with Crippen LogP contribution in [0.3, 0.4) is 0 Å². The first kappa shape index (κ1) is 18.8. The number of rotatable bonds is 5. The SMILES string of the molecule is O=C(COc1cccc(C(F)(F)F)c1)Nc1ccc(N2CCCC2=O)cc1. The van der Waals surface area contributed by atoms with E-state index in [9.17, 15) is 22.8 Å². The second-order valence-electron chi connectivity index (χ2n) is 6.06. The number of hydrogen-bond acceptors (Lipinski definition) is 3. The molecule has 27 heavy (non-hydrogen) atoms. The molecule has 2 amide bonds. The van der Waals surface area contributed by atoms with Crippen LogP contribution in [0.4, 0.5) is 24.5 Å². The Kier molecular flexibility index (Phi) is 5.34. The molecule has 2 aromatic rings. The zero-order valence-corrected chi connectivity index (χ0v) is 14.3. The first-order valence-electron chi connectivity index (χ1n) is 8.33. The summed E-state index contributed by atoms with van der Waals surface area (Å²) in [6.45, 7) is 0.253. The largest absolute Gasteiger partial charge is 0.484 e. The Morgan fingerprint density at radius 2 is 1.89 bits per heavy atom. The Hall–Kier alpha value is -3.03. The summed E-state index contributed by atoms with van der Waals surface area (Å²) >= 11 is 0. The summed E-state index contributed by atoms with van der Waals surface area (Å²) in [4.78, 5) is 25.3. The fourth-order valence-electron chi connectivity index (χ4n) is 2.75. The van der Waals surface area contributed by atoms with E-state index in [4.69, 9.17) is 4.74 Å². The van der Waals surface area contributed by atoms with Gasteiger partial charge in [-0.05, 0) is 48.9 Å². The van der Waals surface area contributed by atoms with Gasteiger partial charge in [0, 0.05) is 24.3 Å². The summed E-state index contributed by atoms with van der Waals surface area (Å²) in [6.07, 6.45) is -3.12. The molecule has 0 aliphatic carbocycles. The highest BCUT2D eigenvalue weighted by Crippen LogP contribution is 2.31. The number of nitrogens with zero attached hydrogens (tertiary/aromatic N) is 1. The number of halogens is 3. The van der Waals surface area contributed by atoms with Crippen molar-refractivity contribution < 1.29 is 27.5 Å². The molecule has 142 valence electrons. The fourth-order valence-corrected chi connectivity index (χ4v) is 2.75. The maximum atomic E-state index is 12.7. The second-order valence-corrected chi connectivity index (χ2v) is 6.06. The molecule has 3 rings (SSSR count). The van der Waals surface area contributed by atoms with E-state index in [0.29, 0.717) is 18.7 Å². The lowest BCUT2D eigenvalue weighted by atomic mass is 10.2. The highest BCUT2D eigenvalue weighted by Gasteiger charge is 2.30. The van der Waals surface area contributed by atoms with E-state index in [2.05, 4.69) is 5.32 Å². The van der Waals surface area contributed by atoms with Gasteiger partial charge in [0.15, 0.2) is 6.61 Å². The van der Waals surface area contributed by atoms with Crippen LogP contribution < -0.4 is 15.0 Å². The molecular weight excluding hydrogens is 361 g/mol. The van der Waals surface area contributed by atoms with E-state index in [-0.39, 0.29) is 11.7 Å². The Balaban J connectivity index is 1.54. The normalized spacial score (nSPS) is 14.3. The maximum Gasteiger partial charge on any atom is 0.416 e. The minimum Gasteiger partial charge on any atom is -0.484 e. The van der Waals surface area contributed by atoms with Gasteiger partial charge in [-0.3, -0.25) is 9.59 Å². The predicted octanol–water partition coefficient (Wildman–Crippen LogP) is 3.85. The molecular formula is C19H17F3N2O3. The minimum atomic E-state index is -4.47. The first-order chi connectivity index (χ1) is 12.8. The lowest BCUT2D eigenvalue weighted by Gasteiger charge is -2.16. The van der Waals surface area contributed by atoms with Gasteiger partial charge in [-0.2, -0.15) is 13.2 Å². The maximum absolute atomic E-state index is 12.7. The predicted molar refractivity (Wildman–Crippen MR) is 93.6 cm³/mol. The van der Waals surface area contributed by atoms with Crippen molar-refractivity contribution in [2.75, 3.05) is 23.4 Å². The van der Waals surface area contributed by atoms with Crippen LogP contribution in [0.2, 0.25) is 0 Å². The number of ether oxygens (including phenoxy) is 1. The molecule has 0 saturated carbocycles. The molecule has 1 heterocycles. The van der Waals surface area contributed by atoms with Crippen molar-refractivity contribution in [1.82, 2.24) is 0 Å². The molecule has 1 aliphatic heterocycles. The zero-order chi connectivity index (χ0) is 19.4. The molecule has 8 heteroatoms. The van der Waals surface area contributed by atoms with Crippen LogP contribution in [0.5, 0.6) is 5.75 Å². The van der Waals surface area contributed by atoms with Crippen LogP contribution >= 0.6 is 0 Å². The van der Waals surface area contributed by atoms with Crippen molar-refractivity contribution in [3.8, 4) is 5.75 Å². The van der Waals surface area contributed by atoms with Gasteiger partial charge in [-0.15, -0.1) is 0 Å². The zero-order valence-electron chi connectivity index (χ0n) is 14.3. The lowest BCUT2D eigenvalue weighted by Crippen LogP contribution is -2.23. The number of anilines is 2. The summed E-state index contributed by atoms with van der Waals surface area (Å²) in [5.74, 6) is -0.471. The number of benzene rings is 2. The number of hydrogen-bond donors (Lipinski definition) is 1.